The molecule has 0 saturated carbocycles. The molecule has 2 aromatic heterocycles. The predicted octanol–water partition coefficient (Wildman–Crippen LogP) is 1.78. The molecule has 3 nitrogen and oxygen atoms in total. The van der Waals surface area contributed by atoms with E-state index < -0.39 is 0 Å². The number of nitrogens with two attached hydrogens (primary N) is 1. The molecule has 0 aliphatic rings. The van der Waals surface area contributed by atoms with Crippen LogP contribution in [0.5, 0.6) is 0 Å². The van der Waals surface area contributed by atoms with Crippen LogP contribution in [0.25, 0.3) is 5.52 Å². The van der Waals surface area contributed by atoms with E-state index >= 15 is 0 Å². The van der Waals surface area contributed by atoms with Crippen LogP contribution in [0.2, 0.25) is 0 Å². The average Bonchev–Trinajstić information content (AvgIpc) is 2.47. The summed E-state index contributed by atoms with van der Waals surface area (Å²) in [5.74, 6) is 0.908. The van der Waals surface area contributed by atoms with Crippen molar-refractivity contribution in [1.82, 2.24) is 9.38 Å². The van der Waals surface area contributed by atoms with Crippen LogP contribution in [-0.2, 0) is 0 Å². The molecule has 0 saturated heterocycles. The van der Waals surface area contributed by atoms with Crippen molar-refractivity contribution >= 4 is 17.9 Å². The highest BCUT2D eigenvalue weighted by Gasteiger charge is 2.05. The van der Waals surface area contributed by atoms with Crippen molar-refractivity contribution in [3.8, 4) is 0 Å². The molecular weight excluding hydrogens is 186 g/mol. The number of nitrogens with zero attached hydrogens (tertiary/aromatic N) is 2. The zero-order valence-corrected chi connectivity index (χ0v) is 8.16. The number of fused-ring (bicyclic) bond motifs is 1. The monoisotopic (exact) mass is 197 g/mol. The van der Waals surface area contributed by atoms with Gasteiger partial charge in [0.15, 0.2) is 0 Å². The molecule has 0 amide bonds. The number of hydrogen-bond acceptors (Lipinski definition) is 2. The van der Waals surface area contributed by atoms with Gasteiger partial charge in [-0.3, -0.25) is 0 Å². The first kappa shape index (κ1) is 10.0. The van der Waals surface area contributed by atoms with E-state index in [-0.39, 0.29) is 18.4 Å². The molecule has 0 bridgehead atoms. The quantitative estimate of drug-likeness (QED) is 0.758. The maximum absolute atomic E-state index is 5.74. The molecule has 13 heavy (non-hydrogen) atoms. The standard InChI is InChI=1S/C9H11N3.ClH/c1-7(10)9-11-6-8-4-2-3-5-12(8)9;/h2-7H,10H2,1H3;1H/t7-;/m1./s1. The molecule has 0 aromatic carbocycles. The van der Waals surface area contributed by atoms with Crippen LogP contribution in [-0.4, -0.2) is 9.38 Å². The number of pyridine rings is 1. The molecular formula is C9H12ClN3. The summed E-state index contributed by atoms with van der Waals surface area (Å²) in [5.41, 5.74) is 6.83. The van der Waals surface area contributed by atoms with E-state index in [1.54, 1.807) is 0 Å². The third-order valence-corrected chi connectivity index (χ3v) is 1.87. The van der Waals surface area contributed by atoms with E-state index in [1.807, 2.05) is 41.9 Å². The largest absolute Gasteiger partial charge is 0.322 e. The summed E-state index contributed by atoms with van der Waals surface area (Å²) >= 11 is 0. The first-order valence-electron chi connectivity index (χ1n) is 3.96. The molecule has 2 heterocycles. The van der Waals surface area contributed by atoms with Gasteiger partial charge in [-0.05, 0) is 19.1 Å². The predicted molar refractivity (Wildman–Crippen MR) is 55.0 cm³/mol. The molecule has 0 fully saturated rings. The zero-order chi connectivity index (χ0) is 8.55. The van der Waals surface area contributed by atoms with E-state index in [0.29, 0.717) is 0 Å². The van der Waals surface area contributed by atoms with Crippen LogP contribution < -0.4 is 5.73 Å². The Morgan fingerprint density at radius 2 is 2.23 bits per heavy atom. The lowest BCUT2D eigenvalue weighted by molar-refractivity contribution is 0.736. The van der Waals surface area contributed by atoms with Crippen LogP contribution >= 0.6 is 12.4 Å². The van der Waals surface area contributed by atoms with Gasteiger partial charge in [0.1, 0.15) is 5.82 Å². The van der Waals surface area contributed by atoms with Crippen molar-refractivity contribution in [2.45, 2.75) is 13.0 Å². The minimum absolute atomic E-state index is 0. The Labute approximate surface area is 83.0 Å². The second-order valence-corrected chi connectivity index (χ2v) is 2.90. The van der Waals surface area contributed by atoms with Crippen LogP contribution in [0.4, 0.5) is 0 Å². The highest BCUT2D eigenvalue weighted by atomic mass is 35.5. The lowest BCUT2D eigenvalue weighted by atomic mass is 10.3. The van der Waals surface area contributed by atoms with Crippen molar-refractivity contribution in [3.05, 3.63) is 36.4 Å². The Morgan fingerprint density at radius 1 is 1.46 bits per heavy atom. The first-order valence-corrected chi connectivity index (χ1v) is 3.96. The van der Waals surface area contributed by atoms with Gasteiger partial charge in [0.05, 0.1) is 17.8 Å². The number of halogens is 1. The van der Waals surface area contributed by atoms with E-state index in [4.69, 9.17) is 5.73 Å². The number of hydrogen-bond donors (Lipinski definition) is 1. The van der Waals surface area contributed by atoms with Crippen molar-refractivity contribution in [3.63, 3.8) is 0 Å². The summed E-state index contributed by atoms with van der Waals surface area (Å²) in [4.78, 5) is 4.23. The van der Waals surface area contributed by atoms with Gasteiger partial charge in [-0.15, -0.1) is 12.4 Å². The average molecular weight is 198 g/mol. The Bertz CT molecular complexity index is 394. The van der Waals surface area contributed by atoms with Crippen LogP contribution in [0, 0.1) is 0 Å². The van der Waals surface area contributed by atoms with Gasteiger partial charge in [0, 0.05) is 6.20 Å². The van der Waals surface area contributed by atoms with Crippen molar-refractivity contribution in [1.29, 1.82) is 0 Å². The maximum atomic E-state index is 5.74. The summed E-state index contributed by atoms with van der Waals surface area (Å²) in [6, 6.07) is 5.96. The van der Waals surface area contributed by atoms with E-state index in [2.05, 4.69) is 4.98 Å². The first-order chi connectivity index (χ1) is 5.79. The molecule has 0 aliphatic carbocycles. The van der Waals surface area contributed by atoms with Crippen molar-refractivity contribution < 1.29 is 0 Å². The number of imidazole rings is 1. The molecule has 2 rings (SSSR count). The molecule has 2 N–H and O–H groups in total. The highest BCUT2D eigenvalue weighted by molar-refractivity contribution is 5.85. The van der Waals surface area contributed by atoms with Gasteiger partial charge in [-0.2, -0.15) is 0 Å². The molecule has 0 unspecified atom stereocenters. The van der Waals surface area contributed by atoms with Crippen molar-refractivity contribution in [2.75, 3.05) is 0 Å². The maximum Gasteiger partial charge on any atom is 0.129 e. The highest BCUT2D eigenvalue weighted by Crippen LogP contribution is 2.10. The lowest BCUT2D eigenvalue weighted by Crippen LogP contribution is -2.09. The molecule has 1 atom stereocenters. The summed E-state index contributed by atoms with van der Waals surface area (Å²) in [7, 11) is 0. The molecule has 0 radical (unpaired) electrons. The minimum atomic E-state index is -0.0186. The summed E-state index contributed by atoms with van der Waals surface area (Å²) in [6.07, 6.45) is 3.81. The smallest absolute Gasteiger partial charge is 0.129 e. The SMILES string of the molecule is C[C@@H](N)c1ncc2ccccn12.Cl. The van der Waals surface area contributed by atoms with Gasteiger partial charge in [0.25, 0.3) is 0 Å². The van der Waals surface area contributed by atoms with Crippen LogP contribution in [0.15, 0.2) is 30.6 Å². The second kappa shape index (κ2) is 3.77. The molecule has 0 aliphatic heterocycles. The fourth-order valence-electron chi connectivity index (χ4n) is 1.30. The van der Waals surface area contributed by atoms with Gasteiger partial charge in [-0.25, -0.2) is 4.98 Å². The van der Waals surface area contributed by atoms with Crippen molar-refractivity contribution in [2.24, 2.45) is 5.73 Å². The molecule has 4 heteroatoms. The Morgan fingerprint density at radius 3 is 2.92 bits per heavy atom. The topological polar surface area (TPSA) is 43.3 Å². The summed E-state index contributed by atoms with van der Waals surface area (Å²) < 4.78 is 2.00. The van der Waals surface area contributed by atoms with Gasteiger partial charge in [-0.1, -0.05) is 6.07 Å². The summed E-state index contributed by atoms with van der Waals surface area (Å²) in [6.45, 7) is 1.93. The van der Waals surface area contributed by atoms with Gasteiger partial charge >= 0.3 is 0 Å². The molecule has 70 valence electrons. The summed E-state index contributed by atoms with van der Waals surface area (Å²) in [5, 5.41) is 0. The zero-order valence-electron chi connectivity index (χ0n) is 7.34. The van der Waals surface area contributed by atoms with E-state index in [1.165, 1.54) is 0 Å². The Hall–Kier alpha value is -1.06. The van der Waals surface area contributed by atoms with Gasteiger partial charge in [0.2, 0.25) is 0 Å². The number of rotatable bonds is 1. The third-order valence-electron chi connectivity index (χ3n) is 1.87. The second-order valence-electron chi connectivity index (χ2n) is 2.90. The fraction of sp³-hybridized carbons (Fsp3) is 0.222. The minimum Gasteiger partial charge on any atom is -0.322 e. The fourth-order valence-corrected chi connectivity index (χ4v) is 1.30. The molecule has 0 spiro atoms. The van der Waals surface area contributed by atoms with E-state index in [0.717, 1.165) is 11.3 Å². The third kappa shape index (κ3) is 1.66. The normalized spacial score (nSPS) is 12.5. The van der Waals surface area contributed by atoms with Crippen LogP contribution in [0.1, 0.15) is 18.8 Å². The van der Waals surface area contributed by atoms with Crippen LogP contribution in [0.3, 0.4) is 0 Å². The lowest BCUT2D eigenvalue weighted by Gasteiger charge is -2.02. The number of aromatic nitrogens is 2. The molecule has 2 aromatic rings. The Kier molecular flexibility index (Phi) is 2.90. The van der Waals surface area contributed by atoms with E-state index in [9.17, 15) is 0 Å². The Balaban J connectivity index is 0.000000845. The van der Waals surface area contributed by atoms with Gasteiger partial charge < -0.3 is 10.1 Å².